The molecule has 0 N–H and O–H groups in total. The van der Waals surface area contributed by atoms with E-state index in [4.69, 9.17) is 9.26 Å². The van der Waals surface area contributed by atoms with E-state index in [0.29, 0.717) is 11.6 Å². The molecule has 0 saturated carbocycles. The number of nitrogens with zero attached hydrogens (tertiary/aromatic N) is 3. The first-order chi connectivity index (χ1) is 13.4. The maximum Gasteiger partial charge on any atom is 0.243 e. The van der Waals surface area contributed by atoms with Crippen molar-refractivity contribution in [3.05, 3.63) is 72.6 Å². The number of hydrogen-bond acceptors (Lipinski definition) is 6. The second-order valence-electron chi connectivity index (χ2n) is 6.14. The Labute approximate surface area is 164 Å². The first kappa shape index (κ1) is 19.8. The molecular formula is C20H21N3O4S. The number of sulfonamides is 1. The number of hydrogen-bond donors (Lipinski definition) is 0. The molecule has 2 aromatic carbocycles. The Balaban J connectivity index is 1.84. The zero-order valence-corrected chi connectivity index (χ0v) is 16.5. The third-order valence-corrected chi connectivity index (χ3v) is 5.95. The number of aryl methyl sites for hydroxylation is 1. The molecule has 8 heteroatoms. The summed E-state index contributed by atoms with van der Waals surface area (Å²) in [6.07, 6.45) is 1.51. The van der Waals surface area contributed by atoms with Crippen LogP contribution in [0.3, 0.4) is 0 Å². The predicted octanol–water partition coefficient (Wildman–Crippen LogP) is 3.43. The highest BCUT2D eigenvalue weighted by molar-refractivity contribution is 7.89. The summed E-state index contributed by atoms with van der Waals surface area (Å²) in [6.45, 7) is 5.69. The minimum Gasteiger partial charge on any atom is -0.497 e. The minimum absolute atomic E-state index is 0.0563. The lowest BCUT2D eigenvalue weighted by atomic mass is 10.1. The fraction of sp³-hybridized carbons (Fsp3) is 0.200. The van der Waals surface area contributed by atoms with Crippen LogP contribution in [0.1, 0.15) is 11.5 Å². The molecule has 0 aliphatic rings. The van der Waals surface area contributed by atoms with Crippen molar-refractivity contribution in [1.29, 1.82) is 0 Å². The normalized spacial score (nSPS) is 11.5. The lowest BCUT2D eigenvalue weighted by molar-refractivity contribution is 0.327. The van der Waals surface area contributed by atoms with Crippen molar-refractivity contribution in [3.63, 3.8) is 0 Å². The summed E-state index contributed by atoms with van der Waals surface area (Å²) in [5.41, 5.74) is 1.92. The highest BCUT2D eigenvalue weighted by Gasteiger charge is 2.26. The van der Waals surface area contributed by atoms with E-state index < -0.39 is 10.0 Å². The highest BCUT2D eigenvalue weighted by atomic mass is 32.2. The Hall–Kier alpha value is -2.97. The van der Waals surface area contributed by atoms with Gasteiger partial charge in [0.05, 0.1) is 18.6 Å². The summed E-state index contributed by atoms with van der Waals surface area (Å²) in [4.78, 5) is 4.48. The second kappa shape index (κ2) is 8.37. The molecule has 3 rings (SSSR count). The molecule has 28 heavy (non-hydrogen) atoms. The van der Waals surface area contributed by atoms with Crippen LogP contribution in [-0.2, 0) is 16.6 Å². The van der Waals surface area contributed by atoms with Crippen molar-refractivity contribution < 1.29 is 17.7 Å². The van der Waals surface area contributed by atoms with Crippen LogP contribution in [-0.4, -0.2) is 36.5 Å². The molecule has 0 atom stereocenters. The first-order valence-corrected chi connectivity index (χ1v) is 10.0. The van der Waals surface area contributed by atoms with Gasteiger partial charge in [0.25, 0.3) is 0 Å². The van der Waals surface area contributed by atoms with Gasteiger partial charge in [-0.25, -0.2) is 8.42 Å². The zero-order chi connectivity index (χ0) is 20.1. The molecule has 0 aliphatic carbocycles. The van der Waals surface area contributed by atoms with Crippen LogP contribution in [0, 0.1) is 6.92 Å². The SMILES string of the molecule is C=CCN(Cc1nc(-c2ccc(C)cc2)no1)S(=O)(=O)c1ccc(OC)cc1. The van der Waals surface area contributed by atoms with Crippen molar-refractivity contribution in [2.75, 3.05) is 13.7 Å². The molecule has 7 nitrogen and oxygen atoms in total. The Kier molecular flexibility index (Phi) is 5.91. The Morgan fingerprint density at radius 2 is 1.82 bits per heavy atom. The van der Waals surface area contributed by atoms with E-state index in [1.165, 1.54) is 29.6 Å². The third-order valence-electron chi connectivity index (χ3n) is 4.12. The quantitative estimate of drug-likeness (QED) is 0.540. The topological polar surface area (TPSA) is 85.5 Å². The van der Waals surface area contributed by atoms with Crippen LogP contribution in [0.2, 0.25) is 0 Å². The van der Waals surface area contributed by atoms with E-state index in [0.717, 1.165) is 11.1 Å². The molecule has 0 fully saturated rings. The summed E-state index contributed by atoms with van der Waals surface area (Å²) in [5.74, 6) is 1.19. The van der Waals surface area contributed by atoms with Crippen LogP contribution >= 0.6 is 0 Å². The molecule has 0 bridgehead atoms. The van der Waals surface area contributed by atoms with Crippen molar-refractivity contribution in [2.45, 2.75) is 18.4 Å². The summed E-state index contributed by atoms with van der Waals surface area (Å²) in [5, 5.41) is 3.96. The molecule has 0 unspecified atom stereocenters. The van der Waals surface area contributed by atoms with E-state index >= 15 is 0 Å². The Morgan fingerprint density at radius 3 is 2.43 bits per heavy atom. The molecule has 146 valence electrons. The van der Waals surface area contributed by atoms with Crippen molar-refractivity contribution in [1.82, 2.24) is 14.4 Å². The van der Waals surface area contributed by atoms with Gasteiger partial charge in [-0.05, 0) is 31.2 Å². The van der Waals surface area contributed by atoms with Crippen molar-refractivity contribution in [3.8, 4) is 17.1 Å². The van der Waals surface area contributed by atoms with Crippen molar-refractivity contribution >= 4 is 10.0 Å². The van der Waals surface area contributed by atoms with E-state index in [-0.39, 0.29) is 23.9 Å². The smallest absolute Gasteiger partial charge is 0.243 e. The van der Waals surface area contributed by atoms with Gasteiger partial charge < -0.3 is 9.26 Å². The molecule has 0 spiro atoms. The molecule has 3 aromatic rings. The van der Waals surface area contributed by atoms with Crippen molar-refractivity contribution in [2.24, 2.45) is 0 Å². The molecule has 0 amide bonds. The lowest BCUT2D eigenvalue weighted by Gasteiger charge is -2.19. The predicted molar refractivity (Wildman–Crippen MR) is 105 cm³/mol. The van der Waals surface area contributed by atoms with Crippen LogP contribution in [0.25, 0.3) is 11.4 Å². The van der Waals surface area contributed by atoms with Gasteiger partial charge in [0.1, 0.15) is 5.75 Å². The number of ether oxygens (including phenoxy) is 1. The van der Waals surface area contributed by atoms with E-state index in [2.05, 4.69) is 16.7 Å². The lowest BCUT2D eigenvalue weighted by Crippen LogP contribution is -2.31. The number of rotatable bonds is 8. The van der Waals surface area contributed by atoms with Gasteiger partial charge in [-0.3, -0.25) is 0 Å². The standard InChI is InChI=1S/C20H21N3O4S/c1-4-13-23(28(24,25)18-11-9-17(26-3)10-12-18)14-19-21-20(22-27-19)16-7-5-15(2)6-8-16/h4-12H,1,13-14H2,2-3H3. The Bertz CT molecular complexity index is 1040. The summed E-state index contributed by atoms with van der Waals surface area (Å²) < 4.78 is 37.6. The summed E-state index contributed by atoms with van der Waals surface area (Å²) in [6, 6.07) is 13.9. The minimum atomic E-state index is -3.77. The fourth-order valence-electron chi connectivity index (χ4n) is 2.58. The van der Waals surface area contributed by atoms with Gasteiger partial charge >= 0.3 is 0 Å². The van der Waals surface area contributed by atoms with Gasteiger partial charge in [-0.1, -0.05) is 41.1 Å². The zero-order valence-electron chi connectivity index (χ0n) is 15.7. The average Bonchev–Trinajstić information content (AvgIpc) is 3.17. The molecule has 1 aromatic heterocycles. The molecule has 0 radical (unpaired) electrons. The van der Waals surface area contributed by atoms with Gasteiger partial charge in [-0.15, -0.1) is 6.58 Å². The number of methoxy groups -OCH3 is 1. The third kappa shape index (κ3) is 4.29. The van der Waals surface area contributed by atoms with Crippen LogP contribution < -0.4 is 4.74 Å². The maximum absolute atomic E-state index is 13.0. The van der Waals surface area contributed by atoms with Crippen LogP contribution in [0.5, 0.6) is 5.75 Å². The Morgan fingerprint density at radius 1 is 1.14 bits per heavy atom. The molecule has 0 aliphatic heterocycles. The second-order valence-corrected chi connectivity index (χ2v) is 8.08. The molecule has 0 saturated heterocycles. The van der Waals surface area contributed by atoms with E-state index in [1.807, 2.05) is 31.2 Å². The van der Waals surface area contributed by atoms with Gasteiger partial charge in [0.2, 0.25) is 21.7 Å². The maximum atomic E-state index is 13.0. The summed E-state index contributed by atoms with van der Waals surface area (Å²) in [7, 11) is -2.25. The summed E-state index contributed by atoms with van der Waals surface area (Å²) >= 11 is 0. The highest BCUT2D eigenvalue weighted by Crippen LogP contribution is 2.22. The van der Waals surface area contributed by atoms with Gasteiger partial charge in [0.15, 0.2) is 0 Å². The first-order valence-electron chi connectivity index (χ1n) is 8.59. The molecular weight excluding hydrogens is 378 g/mol. The fourth-order valence-corrected chi connectivity index (χ4v) is 3.94. The van der Waals surface area contributed by atoms with E-state index in [9.17, 15) is 8.42 Å². The van der Waals surface area contributed by atoms with Crippen LogP contribution in [0.4, 0.5) is 0 Å². The van der Waals surface area contributed by atoms with Gasteiger partial charge in [-0.2, -0.15) is 9.29 Å². The van der Waals surface area contributed by atoms with Crippen LogP contribution in [0.15, 0.2) is 70.6 Å². The number of benzene rings is 2. The number of aromatic nitrogens is 2. The van der Waals surface area contributed by atoms with Gasteiger partial charge in [0, 0.05) is 12.1 Å². The monoisotopic (exact) mass is 399 g/mol. The molecule has 1 heterocycles. The van der Waals surface area contributed by atoms with E-state index in [1.54, 1.807) is 12.1 Å². The largest absolute Gasteiger partial charge is 0.497 e. The average molecular weight is 399 g/mol.